The summed E-state index contributed by atoms with van der Waals surface area (Å²) in [6.45, 7) is 11.7. The molecule has 0 aliphatic carbocycles. The summed E-state index contributed by atoms with van der Waals surface area (Å²) >= 11 is 0. The van der Waals surface area contributed by atoms with Crippen molar-refractivity contribution in [3.8, 4) is 0 Å². The van der Waals surface area contributed by atoms with Crippen LogP contribution in [0.2, 0.25) is 0 Å². The van der Waals surface area contributed by atoms with Crippen LogP contribution in [0.25, 0.3) is 0 Å². The lowest BCUT2D eigenvalue weighted by molar-refractivity contribution is 0.130. The number of ether oxygens (including phenoxy) is 1. The largest absolute Gasteiger partial charge is 0.385 e. The summed E-state index contributed by atoms with van der Waals surface area (Å²) in [6.07, 6.45) is 1.04. The second kappa shape index (κ2) is 8.49. The molecule has 2 amide bonds. The van der Waals surface area contributed by atoms with Crippen LogP contribution in [0.15, 0.2) is 24.3 Å². The van der Waals surface area contributed by atoms with Gasteiger partial charge in [0.25, 0.3) is 0 Å². The van der Waals surface area contributed by atoms with Gasteiger partial charge < -0.3 is 15.0 Å². The van der Waals surface area contributed by atoms with E-state index in [0.717, 1.165) is 57.0 Å². The molecule has 1 aliphatic heterocycles. The second-order valence-electron chi connectivity index (χ2n) is 7.40. The molecule has 0 unspecified atom stereocenters. The zero-order chi connectivity index (χ0) is 17.6. The number of methoxy groups -OCH3 is 1. The smallest absolute Gasteiger partial charge is 0.321 e. The van der Waals surface area contributed by atoms with Gasteiger partial charge in [0.2, 0.25) is 0 Å². The van der Waals surface area contributed by atoms with E-state index in [1.165, 1.54) is 0 Å². The van der Waals surface area contributed by atoms with Gasteiger partial charge in [-0.15, -0.1) is 0 Å². The zero-order valence-electron chi connectivity index (χ0n) is 15.5. The summed E-state index contributed by atoms with van der Waals surface area (Å²) in [5, 5.41) is 3.10. The van der Waals surface area contributed by atoms with Crippen LogP contribution in [0.4, 0.5) is 10.5 Å². The average Bonchev–Trinajstić information content (AvgIpc) is 2.55. The Hall–Kier alpha value is -1.59. The fourth-order valence-corrected chi connectivity index (χ4v) is 3.05. The number of carbonyl (C=O) groups is 1. The normalized spacial score (nSPS) is 16.2. The first-order valence-corrected chi connectivity index (χ1v) is 8.78. The monoisotopic (exact) mass is 333 g/mol. The number of urea groups is 1. The summed E-state index contributed by atoms with van der Waals surface area (Å²) in [7, 11) is 1.73. The molecule has 1 aromatic rings. The Bertz CT molecular complexity index is 532. The number of nitrogens with zero attached hydrogens (tertiary/aromatic N) is 2. The number of anilines is 1. The average molecular weight is 333 g/mol. The van der Waals surface area contributed by atoms with E-state index in [-0.39, 0.29) is 11.4 Å². The number of carbonyl (C=O) groups excluding carboxylic acids is 1. The van der Waals surface area contributed by atoms with Gasteiger partial charge in [0.05, 0.1) is 0 Å². The summed E-state index contributed by atoms with van der Waals surface area (Å²) in [5.41, 5.74) is 2.08. The van der Waals surface area contributed by atoms with E-state index in [1.807, 2.05) is 23.1 Å². The number of rotatable bonds is 5. The topological polar surface area (TPSA) is 44.8 Å². The summed E-state index contributed by atoms with van der Waals surface area (Å²) in [4.78, 5) is 16.9. The highest BCUT2D eigenvalue weighted by atomic mass is 16.5. The van der Waals surface area contributed by atoms with Crippen molar-refractivity contribution < 1.29 is 9.53 Å². The van der Waals surface area contributed by atoms with Crippen molar-refractivity contribution in [3.63, 3.8) is 0 Å². The maximum absolute atomic E-state index is 12.6. The molecule has 1 fully saturated rings. The number of amides is 2. The van der Waals surface area contributed by atoms with Crippen molar-refractivity contribution in [2.45, 2.75) is 32.6 Å². The molecular formula is C19H31N3O2. The number of nitrogens with one attached hydrogen (secondary N) is 1. The Morgan fingerprint density at radius 3 is 2.46 bits per heavy atom. The van der Waals surface area contributed by atoms with Gasteiger partial charge in [-0.25, -0.2) is 4.79 Å². The maximum atomic E-state index is 12.6. The first kappa shape index (κ1) is 18.7. The van der Waals surface area contributed by atoms with E-state index >= 15 is 0 Å². The van der Waals surface area contributed by atoms with Crippen molar-refractivity contribution in [1.29, 1.82) is 0 Å². The fourth-order valence-electron chi connectivity index (χ4n) is 3.05. The summed E-state index contributed by atoms with van der Waals surface area (Å²) in [6, 6.07) is 8.07. The van der Waals surface area contributed by atoms with E-state index < -0.39 is 0 Å². The van der Waals surface area contributed by atoms with Crippen molar-refractivity contribution in [1.82, 2.24) is 9.80 Å². The molecule has 0 bridgehead atoms. The van der Waals surface area contributed by atoms with Crippen LogP contribution in [0.5, 0.6) is 0 Å². The lowest BCUT2D eigenvalue weighted by Gasteiger charge is -2.35. The van der Waals surface area contributed by atoms with Crippen LogP contribution in [0, 0.1) is 0 Å². The van der Waals surface area contributed by atoms with Crippen LogP contribution in [0.3, 0.4) is 0 Å². The van der Waals surface area contributed by atoms with E-state index in [9.17, 15) is 4.79 Å². The molecular weight excluding hydrogens is 302 g/mol. The highest BCUT2D eigenvalue weighted by molar-refractivity contribution is 5.90. The Morgan fingerprint density at radius 2 is 1.83 bits per heavy atom. The van der Waals surface area contributed by atoms with Crippen LogP contribution < -0.4 is 5.32 Å². The van der Waals surface area contributed by atoms with Crippen molar-refractivity contribution in [2.24, 2.45) is 0 Å². The van der Waals surface area contributed by atoms with Gasteiger partial charge in [-0.1, -0.05) is 39.0 Å². The van der Waals surface area contributed by atoms with E-state index in [2.05, 4.69) is 37.1 Å². The molecule has 2 rings (SSSR count). The molecule has 1 aliphatic rings. The van der Waals surface area contributed by atoms with Crippen LogP contribution in [-0.4, -0.2) is 62.3 Å². The van der Waals surface area contributed by atoms with E-state index in [4.69, 9.17) is 4.74 Å². The molecule has 134 valence electrons. The third-order valence-corrected chi connectivity index (χ3v) is 4.46. The third-order valence-electron chi connectivity index (χ3n) is 4.46. The molecule has 1 saturated heterocycles. The van der Waals surface area contributed by atoms with Crippen LogP contribution in [0.1, 0.15) is 32.8 Å². The quantitative estimate of drug-likeness (QED) is 0.842. The van der Waals surface area contributed by atoms with Crippen LogP contribution >= 0.6 is 0 Å². The Morgan fingerprint density at radius 1 is 1.17 bits per heavy atom. The standard InChI is InChI=1S/C19H31N3O2/c1-19(2,3)16-8-5-6-9-17(16)20-18(23)22-13-11-21(12-14-22)10-7-15-24-4/h5-6,8-9H,7,10-15H2,1-4H3,(H,20,23). The third kappa shape index (κ3) is 5.21. The van der Waals surface area contributed by atoms with Gasteiger partial charge in [-0.3, -0.25) is 4.90 Å². The first-order chi connectivity index (χ1) is 11.4. The molecule has 24 heavy (non-hydrogen) atoms. The van der Waals surface area contributed by atoms with Crippen molar-refractivity contribution >= 4 is 11.7 Å². The molecule has 5 heteroatoms. The number of hydrogen-bond donors (Lipinski definition) is 1. The fraction of sp³-hybridized carbons (Fsp3) is 0.632. The van der Waals surface area contributed by atoms with E-state index in [1.54, 1.807) is 7.11 Å². The van der Waals surface area contributed by atoms with E-state index in [0.29, 0.717) is 0 Å². The highest BCUT2D eigenvalue weighted by Gasteiger charge is 2.23. The Balaban J connectivity index is 1.89. The highest BCUT2D eigenvalue weighted by Crippen LogP contribution is 2.29. The van der Waals surface area contributed by atoms with Gasteiger partial charge in [-0.2, -0.15) is 0 Å². The predicted molar refractivity (Wildman–Crippen MR) is 98.7 cm³/mol. The lowest BCUT2D eigenvalue weighted by Crippen LogP contribution is -2.50. The summed E-state index contributed by atoms with van der Waals surface area (Å²) in [5.74, 6) is 0. The number of piperazine rings is 1. The van der Waals surface area contributed by atoms with Gasteiger partial charge >= 0.3 is 6.03 Å². The van der Waals surface area contributed by atoms with Crippen molar-refractivity contribution in [3.05, 3.63) is 29.8 Å². The molecule has 0 spiro atoms. The minimum absolute atomic E-state index is 0.00300. The van der Waals surface area contributed by atoms with Crippen molar-refractivity contribution in [2.75, 3.05) is 51.8 Å². The second-order valence-corrected chi connectivity index (χ2v) is 7.40. The number of hydrogen-bond acceptors (Lipinski definition) is 3. The molecule has 1 aromatic carbocycles. The van der Waals surface area contributed by atoms with Gasteiger partial charge in [0, 0.05) is 52.1 Å². The SMILES string of the molecule is COCCCN1CCN(C(=O)Nc2ccccc2C(C)(C)C)CC1. The molecule has 1 heterocycles. The molecule has 1 N–H and O–H groups in total. The van der Waals surface area contributed by atoms with Gasteiger partial charge in [0.15, 0.2) is 0 Å². The molecule has 0 radical (unpaired) electrons. The number of benzene rings is 1. The number of para-hydroxylation sites is 1. The van der Waals surface area contributed by atoms with Crippen LogP contribution in [-0.2, 0) is 10.2 Å². The molecule has 5 nitrogen and oxygen atoms in total. The van der Waals surface area contributed by atoms with Gasteiger partial charge in [0.1, 0.15) is 0 Å². The Labute approximate surface area is 146 Å². The molecule has 0 aromatic heterocycles. The predicted octanol–water partition coefficient (Wildman–Crippen LogP) is 3.17. The Kier molecular flexibility index (Phi) is 6.63. The summed E-state index contributed by atoms with van der Waals surface area (Å²) < 4.78 is 5.10. The maximum Gasteiger partial charge on any atom is 0.321 e. The van der Waals surface area contributed by atoms with Gasteiger partial charge in [-0.05, 0) is 23.5 Å². The molecule has 0 saturated carbocycles. The minimum atomic E-state index is 0.00300. The molecule has 0 atom stereocenters. The lowest BCUT2D eigenvalue weighted by atomic mass is 9.86. The first-order valence-electron chi connectivity index (χ1n) is 8.78. The zero-order valence-corrected chi connectivity index (χ0v) is 15.5. The minimum Gasteiger partial charge on any atom is -0.385 e.